The first-order valence-electron chi connectivity index (χ1n) is 6.53. The standard InChI is InChI=1S/C14H20N4O2/c1-4-5-18(6-7-19)8-11-16-13(15)12-9(2)10(3)20-14(12)17-11/h4,19H,1,5-8H2,2-3H3,(H2,15,16,17). The second-order valence-corrected chi connectivity index (χ2v) is 4.74. The van der Waals surface area contributed by atoms with E-state index in [0.717, 1.165) is 16.7 Å². The predicted octanol–water partition coefficient (Wildman–Crippen LogP) is 1.40. The van der Waals surface area contributed by atoms with Gasteiger partial charge in [-0.05, 0) is 13.8 Å². The largest absolute Gasteiger partial charge is 0.443 e. The molecule has 0 saturated carbocycles. The number of anilines is 1. The number of nitrogen functional groups attached to an aromatic ring is 1. The number of hydrogen-bond donors (Lipinski definition) is 2. The second-order valence-electron chi connectivity index (χ2n) is 4.74. The first-order valence-corrected chi connectivity index (χ1v) is 6.53. The molecule has 0 fully saturated rings. The third-order valence-corrected chi connectivity index (χ3v) is 3.27. The van der Waals surface area contributed by atoms with Crippen LogP contribution >= 0.6 is 0 Å². The first kappa shape index (κ1) is 14.5. The Morgan fingerprint density at radius 1 is 1.40 bits per heavy atom. The van der Waals surface area contributed by atoms with E-state index in [1.807, 2.05) is 18.7 Å². The topological polar surface area (TPSA) is 88.4 Å². The van der Waals surface area contributed by atoms with Gasteiger partial charge in [0.1, 0.15) is 17.4 Å². The van der Waals surface area contributed by atoms with Crippen LogP contribution in [0.15, 0.2) is 17.1 Å². The van der Waals surface area contributed by atoms with Crippen molar-refractivity contribution in [2.75, 3.05) is 25.4 Å². The van der Waals surface area contributed by atoms with Gasteiger partial charge in [-0.25, -0.2) is 4.98 Å². The second kappa shape index (κ2) is 6.02. The van der Waals surface area contributed by atoms with Crippen LogP contribution in [0.25, 0.3) is 11.1 Å². The van der Waals surface area contributed by atoms with Gasteiger partial charge in [0.15, 0.2) is 0 Å². The fraction of sp³-hybridized carbons (Fsp3) is 0.429. The zero-order valence-corrected chi connectivity index (χ0v) is 11.9. The summed E-state index contributed by atoms with van der Waals surface area (Å²) in [4.78, 5) is 10.7. The number of aliphatic hydroxyl groups is 1. The Labute approximate surface area is 117 Å². The molecule has 108 valence electrons. The van der Waals surface area contributed by atoms with Crippen molar-refractivity contribution in [3.63, 3.8) is 0 Å². The molecule has 0 bridgehead atoms. The van der Waals surface area contributed by atoms with Crippen LogP contribution in [0.3, 0.4) is 0 Å². The molecule has 2 heterocycles. The molecule has 0 unspecified atom stereocenters. The van der Waals surface area contributed by atoms with Crippen LogP contribution in [0.5, 0.6) is 0 Å². The van der Waals surface area contributed by atoms with Crippen LogP contribution < -0.4 is 5.73 Å². The summed E-state index contributed by atoms with van der Waals surface area (Å²) in [6, 6.07) is 0. The van der Waals surface area contributed by atoms with E-state index < -0.39 is 0 Å². The predicted molar refractivity (Wildman–Crippen MR) is 78.3 cm³/mol. The molecular formula is C14H20N4O2. The zero-order valence-electron chi connectivity index (χ0n) is 11.9. The summed E-state index contributed by atoms with van der Waals surface area (Å²) in [5, 5.41) is 9.83. The van der Waals surface area contributed by atoms with Gasteiger partial charge in [-0.15, -0.1) is 6.58 Å². The fourth-order valence-electron chi connectivity index (χ4n) is 2.16. The fourth-order valence-corrected chi connectivity index (χ4v) is 2.16. The molecule has 6 nitrogen and oxygen atoms in total. The maximum absolute atomic E-state index is 9.05. The molecule has 2 aromatic heterocycles. The van der Waals surface area contributed by atoms with Gasteiger partial charge in [0.25, 0.3) is 0 Å². The van der Waals surface area contributed by atoms with Gasteiger partial charge in [-0.2, -0.15) is 4.98 Å². The van der Waals surface area contributed by atoms with Crippen LogP contribution in [0.1, 0.15) is 17.1 Å². The maximum Gasteiger partial charge on any atom is 0.231 e. The number of fused-ring (bicyclic) bond motifs is 1. The van der Waals surface area contributed by atoms with Gasteiger partial charge in [0.2, 0.25) is 5.71 Å². The molecule has 0 aliphatic rings. The Hall–Kier alpha value is -1.92. The summed E-state index contributed by atoms with van der Waals surface area (Å²) in [7, 11) is 0. The molecule has 6 heteroatoms. The summed E-state index contributed by atoms with van der Waals surface area (Å²) in [6.07, 6.45) is 1.78. The van der Waals surface area contributed by atoms with Crippen molar-refractivity contribution < 1.29 is 9.52 Å². The van der Waals surface area contributed by atoms with Crippen LogP contribution in [0.2, 0.25) is 0 Å². The van der Waals surface area contributed by atoms with Crippen molar-refractivity contribution in [3.8, 4) is 0 Å². The van der Waals surface area contributed by atoms with Crippen molar-refractivity contribution in [3.05, 3.63) is 29.8 Å². The lowest BCUT2D eigenvalue weighted by atomic mass is 10.2. The Morgan fingerprint density at radius 2 is 2.15 bits per heavy atom. The quantitative estimate of drug-likeness (QED) is 0.775. The van der Waals surface area contributed by atoms with Gasteiger partial charge in [0, 0.05) is 18.7 Å². The van der Waals surface area contributed by atoms with Gasteiger partial charge in [0.05, 0.1) is 18.5 Å². The lowest BCUT2D eigenvalue weighted by Crippen LogP contribution is -2.27. The number of nitrogens with two attached hydrogens (primary N) is 1. The van der Waals surface area contributed by atoms with E-state index in [1.54, 1.807) is 6.08 Å². The van der Waals surface area contributed by atoms with Crippen molar-refractivity contribution >= 4 is 16.9 Å². The Balaban J connectivity index is 2.33. The van der Waals surface area contributed by atoms with Crippen molar-refractivity contribution in [2.45, 2.75) is 20.4 Å². The molecule has 0 saturated heterocycles. The minimum Gasteiger partial charge on any atom is -0.443 e. The Kier molecular flexibility index (Phi) is 4.36. The van der Waals surface area contributed by atoms with Crippen molar-refractivity contribution in [1.29, 1.82) is 0 Å². The van der Waals surface area contributed by atoms with Gasteiger partial charge < -0.3 is 15.3 Å². The highest BCUT2D eigenvalue weighted by atomic mass is 16.3. The summed E-state index contributed by atoms with van der Waals surface area (Å²) in [5.74, 6) is 1.82. The van der Waals surface area contributed by atoms with Gasteiger partial charge in [-0.3, -0.25) is 4.90 Å². The van der Waals surface area contributed by atoms with Gasteiger partial charge >= 0.3 is 0 Å². The summed E-state index contributed by atoms with van der Waals surface area (Å²) in [5.41, 5.74) is 7.49. The maximum atomic E-state index is 9.05. The molecule has 2 aromatic rings. The van der Waals surface area contributed by atoms with E-state index in [-0.39, 0.29) is 6.61 Å². The molecule has 20 heavy (non-hydrogen) atoms. The molecule has 0 radical (unpaired) electrons. The SMILES string of the molecule is C=CCN(CCO)Cc1nc(N)c2c(C)c(C)oc2n1. The minimum absolute atomic E-state index is 0.0739. The molecular weight excluding hydrogens is 256 g/mol. The number of rotatable bonds is 6. The summed E-state index contributed by atoms with van der Waals surface area (Å²) < 4.78 is 5.60. The molecule has 2 rings (SSSR count). The molecule has 0 amide bonds. The Bertz CT molecular complexity index is 621. The average Bonchev–Trinajstić information content (AvgIpc) is 2.66. The van der Waals surface area contributed by atoms with Crippen molar-refractivity contribution in [2.24, 2.45) is 0 Å². The first-order chi connectivity index (χ1) is 9.56. The number of hydrogen-bond acceptors (Lipinski definition) is 6. The molecule has 0 atom stereocenters. The third kappa shape index (κ3) is 2.81. The average molecular weight is 276 g/mol. The summed E-state index contributed by atoms with van der Waals surface area (Å²) in [6.45, 7) is 9.27. The van der Waals surface area contributed by atoms with Crippen LogP contribution in [0, 0.1) is 13.8 Å². The lowest BCUT2D eigenvalue weighted by Gasteiger charge is -2.18. The highest BCUT2D eigenvalue weighted by Gasteiger charge is 2.15. The van der Waals surface area contributed by atoms with E-state index in [9.17, 15) is 0 Å². The smallest absolute Gasteiger partial charge is 0.231 e. The van der Waals surface area contributed by atoms with E-state index in [4.69, 9.17) is 15.3 Å². The molecule has 0 spiro atoms. The Morgan fingerprint density at radius 3 is 2.80 bits per heavy atom. The van der Waals surface area contributed by atoms with Crippen LogP contribution in [0.4, 0.5) is 5.82 Å². The van der Waals surface area contributed by atoms with Gasteiger partial charge in [-0.1, -0.05) is 6.08 Å². The normalized spacial score (nSPS) is 11.4. The third-order valence-electron chi connectivity index (χ3n) is 3.27. The van der Waals surface area contributed by atoms with Crippen LogP contribution in [-0.4, -0.2) is 39.7 Å². The van der Waals surface area contributed by atoms with Crippen LogP contribution in [-0.2, 0) is 6.54 Å². The van der Waals surface area contributed by atoms with E-state index in [0.29, 0.717) is 37.0 Å². The number of aromatic nitrogens is 2. The number of aliphatic hydroxyl groups excluding tert-OH is 1. The highest BCUT2D eigenvalue weighted by molar-refractivity contribution is 5.88. The lowest BCUT2D eigenvalue weighted by molar-refractivity contribution is 0.200. The monoisotopic (exact) mass is 276 g/mol. The zero-order chi connectivity index (χ0) is 14.7. The molecule has 0 aromatic carbocycles. The van der Waals surface area contributed by atoms with E-state index in [1.165, 1.54) is 0 Å². The number of aryl methyl sites for hydroxylation is 2. The highest BCUT2D eigenvalue weighted by Crippen LogP contribution is 2.27. The number of nitrogens with zero attached hydrogens (tertiary/aromatic N) is 3. The summed E-state index contributed by atoms with van der Waals surface area (Å²) >= 11 is 0. The van der Waals surface area contributed by atoms with Crippen molar-refractivity contribution in [1.82, 2.24) is 14.9 Å². The van der Waals surface area contributed by atoms with E-state index >= 15 is 0 Å². The minimum atomic E-state index is 0.0739. The number of furan rings is 1. The van der Waals surface area contributed by atoms with E-state index in [2.05, 4.69) is 16.5 Å². The molecule has 3 N–H and O–H groups in total. The molecule has 0 aliphatic heterocycles. The molecule has 0 aliphatic carbocycles.